The molecule has 0 aliphatic carbocycles. The Labute approximate surface area is 440 Å². The quantitative estimate of drug-likeness (QED) is 0.0235. The zero-order chi connectivity index (χ0) is 54.5. The minimum atomic E-state index is -1.98. The van der Waals surface area contributed by atoms with Gasteiger partial charge in [0, 0.05) is 45.5 Å². The van der Waals surface area contributed by atoms with Crippen LogP contribution in [-0.4, -0.2) is 148 Å². The highest BCUT2D eigenvalue weighted by atomic mass is 32.2. The van der Waals surface area contributed by atoms with Gasteiger partial charge in [-0.05, 0) is 41.5 Å². The molecule has 28 nitrogen and oxygen atoms in total. The molecule has 32 heteroatoms. The monoisotopic (exact) mass is 1120 g/mol. The molecular formula is C43H45N11O17S4. The lowest BCUT2D eigenvalue weighted by molar-refractivity contribution is -0.689. The minimum absolute atomic E-state index is 0.0135. The number of aliphatic carboxylic acids is 3. The summed E-state index contributed by atoms with van der Waals surface area (Å²) in [7, 11) is 0. The number of hydrogen-bond donors (Lipinski definition) is 7. The molecule has 0 radical (unpaired) electrons. The molecule has 0 saturated carbocycles. The molecule has 1 saturated heterocycles. The van der Waals surface area contributed by atoms with Crippen LogP contribution in [0.1, 0.15) is 52.9 Å². The number of β-lactam (4-membered cyclic amide) rings is 1. The van der Waals surface area contributed by atoms with Gasteiger partial charge in [-0.1, -0.05) is 16.4 Å². The van der Waals surface area contributed by atoms with Gasteiger partial charge in [-0.25, -0.2) is 33.7 Å². The minimum Gasteiger partial charge on any atom is -0.543 e. The third-order valence-corrected chi connectivity index (χ3v) is 14.8. The molecule has 4 aliphatic rings. The Hall–Kier alpha value is -7.84. The van der Waals surface area contributed by atoms with Gasteiger partial charge in [-0.3, -0.25) is 24.1 Å². The van der Waals surface area contributed by atoms with E-state index in [4.69, 9.17) is 24.0 Å². The van der Waals surface area contributed by atoms with Crippen molar-refractivity contribution in [2.24, 2.45) is 10.3 Å². The maximum absolute atomic E-state index is 14.6. The van der Waals surface area contributed by atoms with E-state index in [9.17, 15) is 58.5 Å². The lowest BCUT2D eigenvalue weighted by Crippen LogP contribution is -2.70. The first-order valence-electron chi connectivity index (χ1n) is 22.0. The van der Waals surface area contributed by atoms with Crippen molar-refractivity contribution in [3.05, 3.63) is 75.3 Å². The molecule has 4 atom stereocenters. The topological polar surface area (TPSA) is 381 Å². The van der Waals surface area contributed by atoms with Crippen molar-refractivity contribution in [3.8, 4) is 0 Å². The zero-order valence-corrected chi connectivity index (χ0v) is 43.4. The van der Waals surface area contributed by atoms with E-state index in [0.29, 0.717) is 16.9 Å². The van der Waals surface area contributed by atoms with E-state index in [1.54, 1.807) is 49.0 Å². The summed E-state index contributed by atoms with van der Waals surface area (Å²) in [5.41, 5.74) is -2.61. The summed E-state index contributed by atoms with van der Waals surface area (Å²) < 4.78 is 11.6. The van der Waals surface area contributed by atoms with Crippen LogP contribution in [0, 0.1) is 0 Å². The zero-order valence-electron chi connectivity index (χ0n) is 40.1. The normalized spacial score (nSPS) is 19.1. The first kappa shape index (κ1) is 54.9. The number of carboxylic acid groups (broad SMARTS) is 3. The van der Waals surface area contributed by atoms with Crippen LogP contribution in [0.2, 0.25) is 0 Å². The van der Waals surface area contributed by atoms with Crippen LogP contribution in [0.5, 0.6) is 0 Å². The maximum atomic E-state index is 14.6. The number of fused-ring (bicyclic) bond motifs is 2. The highest BCUT2D eigenvalue weighted by Gasteiger charge is 2.56. The Bertz CT molecular complexity index is 2950. The average molecular weight is 1120 g/mol. The highest BCUT2D eigenvalue weighted by molar-refractivity contribution is 8.00. The molecule has 0 aromatic carbocycles. The predicted molar refractivity (Wildman–Crippen MR) is 261 cm³/mol. The molecule has 75 heavy (non-hydrogen) atoms. The second-order valence-corrected chi connectivity index (χ2v) is 21.4. The summed E-state index contributed by atoms with van der Waals surface area (Å²) in [6, 6.07) is 2.37. The molecule has 4 aliphatic heterocycles. The van der Waals surface area contributed by atoms with E-state index in [0.717, 1.165) is 62.1 Å². The average Bonchev–Trinajstić information content (AvgIpc) is 4.13. The number of thiazole rings is 2. The number of carbonyl (C=O) groups is 9. The van der Waals surface area contributed by atoms with Crippen LogP contribution < -0.4 is 36.4 Å². The summed E-state index contributed by atoms with van der Waals surface area (Å²) in [4.78, 5) is 142. The second kappa shape index (κ2) is 22.7. The van der Waals surface area contributed by atoms with Gasteiger partial charge in [0.1, 0.15) is 52.6 Å². The van der Waals surface area contributed by atoms with Gasteiger partial charge >= 0.3 is 24.1 Å². The van der Waals surface area contributed by atoms with E-state index < -0.39 is 105 Å². The van der Waals surface area contributed by atoms with Crippen molar-refractivity contribution in [2.75, 3.05) is 28.9 Å². The molecule has 3 aromatic heterocycles. The number of nitrogens with one attached hydrogen (secondary N) is 5. The Morgan fingerprint density at radius 2 is 1.57 bits per heavy atom. The van der Waals surface area contributed by atoms with Crippen molar-refractivity contribution < 1.29 is 87.0 Å². The van der Waals surface area contributed by atoms with Crippen molar-refractivity contribution >= 4 is 122 Å². The number of thioether (sulfide) groups is 2. The fourth-order valence-electron chi connectivity index (χ4n) is 6.69. The van der Waals surface area contributed by atoms with Gasteiger partial charge in [0.05, 0.1) is 11.7 Å². The molecule has 0 bridgehead atoms. The molecule has 7 heterocycles. The number of aromatic nitrogens is 3. The Morgan fingerprint density at radius 3 is 2.23 bits per heavy atom. The van der Waals surface area contributed by atoms with E-state index in [1.807, 2.05) is 0 Å². The number of carbonyl (C=O) groups excluding carboxylic acids is 7. The van der Waals surface area contributed by atoms with E-state index >= 15 is 0 Å². The first-order valence-corrected chi connectivity index (χ1v) is 25.9. The summed E-state index contributed by atoms with van der Waals surface area (Å²) in [5, 5.41) is 50.1. The number of esters is 1. The summed E-state index contributed by atoms with van der Waals surface area (Å²) in [6.45, 7) is 7.88. The van der Waals surface area contributed by atoms with Gasteiger partial charge in [0.15, 0.2) is 35.5 Å². The third-order valence-electron chi connectivity index (χ3n) is 10.7. The predicted octanol–water partition coefficient (Wildman–Crippen LogP) is -0.356. The third kappa shape index (κ3) is 12.7. The number of cyclic esters (lactones) is 1. The van der Waals surface area contributed by atoms with E-state index in [2.05, 4.69) is 47.0 Å². The van der Waals surface area contributed by atoms with Crippen LogP contribution in [0.4, 0.5) is 15.1 Å². The Morgan fingerprint density at radius 1 is 0.920 bits per heavy atom. The molecule has 1 fully saturated rings. The molecule has 398 valence electrons. The van der Waals surface area contributed by atoms with E-state index in [-0.39, 0.29) is 51.9 Å². The Balaban J connectivity index is 1.16. The number of nitrogens with zero attached hydrogens (tertiary/aromatic N) is 6. The summed E-state index contributed by atoms with van der Waals surface area (Å²) >= 11 is 3.86. The number of rotatable bonds is 21. The second-order valence-electron chi connectivity index (χ2n) is 17.4. The first-order chi connectivity index (χ1) is 35.4. The van der Waals surface area contributed by atoms with Crippen LogP contribution in [0.15, 0.2) is 74.2 Å². The van der Waals surface area contributed by atoms with E-state index in [1.165, 1.54) is 27.4 Å². The van der Waals surface area contributed by atoms with Gasteiger partial charge in [0.25, 0.3) is 23.6 Å². The van der Waals surface area contributed by atoms with Crippen LogP contribution in [0.25, 0.3) is 0 Å². The van der Waals surface area contributed by atoms with Gasteiger partial charge in [-0.2, -0.15) is 5.48 Å². The van der Waals surface area contributed by atoms with Crippen LogP contribution in [-0.2, 0) is 68.9 Å². The van der Waals surface area contributed by atoms with Crippen LogP contribution >= 0.6 is 46.2 Å². The largest absolute Gasteiger partial charge is 0.543 e. The number of amides is 4. The molecule has 7 rings (SSSR count). The number of oxime groups is 2. The van der Waals surface area contributed by atoms with Gasteiger partial charge < -0.3 is 65.4 Å². The molecule has 4 unspecified atom stereocenters. The number of hydrogen-bond acceptors (Lipinski definition) is 25. The van der Waals surface area contributed by atoms with Crippen molar-refractivity contribution in [3.63, 3.8) is 0 Å². The summed E-state index contributed by atoms with van der Waals surface area (Å²) in [5.74, 6) is -8.61. The highest BCUT2D eigenvalue weighted by Crippen LogP contribution is 2.42. The van der Waals surface area contributed by atoms with Crippen molar-refractivity contribution in [2.45, 2.75) is 88.2 Å². The molecule has 3 aromatic rings. The maximum Gasteiger partial charge on any atom is 0.534 e. The molecule has 4 amide bonds. The fraction of sp³-hybridized carbons (Fsp3) is 0.395. The standard InChI is InChI=1S/C43H45N11O17S4/c1-18(2)69-50-24(21-17-75-40(45-21)52-70-41(66)68-42(3,4)37(62)63)29(55)46-26(32-48-23(35(59)60)19(14-72-32)12-53-10-8-7-9-11-53)31(57)49-39-44-22(16-74-39)25(51-71-43(5,6)38(64)65)30(56)47-27-33(58)54-28-20(13-67-36(28)61)15-73-34(27)54/h7-11,16-18,26-27,32,34,48H,12-15H2,1-6H3,(H6-,44,45,46,47,49,52,55,56,57,59,60,62,63,64,65)/b50-24-,51-25-. The van der Waals surface area contributed by atoms with Gasteiger partial charge in [-0.15, -0.1) is 46.2 Å². The summed E-state index contributed by atoms with van der Waals surface area (Å²) in [6.07, 6.45) is 1.39. The van der Waals surface area contributed by atoms with Crippen LogP contribution in [0.3, 0.4) is 0 Å². The lowest BCUT2D eigenvalue weighted by Gasteiger charge is -2.48. The Kier molecular flexibility index (Phi) is 16.6. The fourth-order valence-corrected chi connectivity index (χ4v) is 10.5. The molecule has 0 spiro atoms. The number of pyridine rings is 1. The van der Waals surface area contributed by atoms with Crippen molar-refractivity contribution in [1.29, 1.82) is 0 Å². The molecule has 7 N–H and O–H groups in total. The lowest BCUT2D eigenvalue weighted by atomic mass is 10.0. The number of anilines is 2. The van der Waals surface area contributed by atoms with Crippen molar-refractivity contribution in [1.82, 2.24) is 30.8 Å². The number of ether oxygens (including phenoxy) is 2. The number of carboxylic acids is 3. The van der Waals surface area contributed by atoms with Gasteiger partial charge in [0.2, 0.25) is 16.3 Å². The SMILES string of the molecule is CC(C)O/N=C(\C(=O)NC(C(=O)Nc1nc(/C(=N/OC(C)(C)C(=O)O)C(=O)NC2C(=O)N3C4=C(COC4=O)CSC23)cs1)C1NC(C(=O)[O-])=C(C[n+]2ccccc2)CS1)c1csc(NOC(=O)OC(C)(C)C(=O)O)n1. The molecular weight excluding hydrogens is 1070 g/mol. The smallest absolute Gasteiger partial charge is 0.534 e.